The van der Waals surface area contributed by atoms with Crippen LogP contribution in [0.5, 0.6) is 0 Å². The first kappa shape index (κ1) is 69.1. The topological polar surface area (TPSA) is 252 Å². The van der Waals surface area contributed by atoms with Gasteiger partial charge in [0.25, 0.3) is 11.4 Å². The predicted molar refractivity (Wildman–Crippen MR) is 408 cm³/mol. The van der Waals surface area contributed by atoms with Gasteiger partial charge in [-0.05, 0) is 239 Å². The molecular formula is C82H76N18O4+2. The summed E-state index contributed by atoms with van der Waals surface area (Å²) in [6.45, 7) is 12.4. The van der Waals surface area contributed by atoms with Crippen LogP contribution in [0.3, 0.4) is 0 Å². The molecule has 0 aliphatic carbocycles. The van der Waals surface area contributed by atoms with Crippen LogP contribution in [0, 0.1) is 61.8 Å². The molecule has 2 heterocycles. The van der Waals surface area contributed by atoms with E-state index < -0.39 is 9.85 Å². The van der Waals surface area contributed by atoms with Crippen LogP contribution in [0.2, 0.25) is 0 Å². The average molecular weight is 1380 g/mol. The molecule has 0 aliphatic heterocycles. The first-order valence-electron chi connectivity index (χ1n) is 33.8. The highest BCUT2D eigenvalue weighted by Crippen LogP contribution is 2.31. The van der Waals surface area contributed by atoms with Gasteiger partial charge in [0.15, 0.2) is 11.4 Å². The van der Waals surface area contributed by atoms with Crippen LogP contribution in [0.1, 0.15) is 56.8 Å². The first-order chi connectivity index (χ1) is 50.6. The van der Waals surface area contributed by atoms with E-state index in [4.69, 9.17) is 20.4 Å². The minimum Gasteiger partial charge on any atom is -0.320 e. The van der Waals surface area contributed by atoms with Crippen molar-refractivity contribution in [2.24, 2.45) is 0 Å². The summed E-state index contributed by atoms with van der Waals surface area (Å²) in [7, 11) is 0. The summed E-state index contributed by atoms with van der Waals surface area (Å²) in [5, 5.41) is 41.9. The number of aryl methyl sites for hydroxylation is 6. The molecule has 2 aromatic heterocycles. The number of rotatable bonds is 24. The number of nitro groups is 2. The number of anilines is 4. The number of hydrogen-bond acceptors (Lipinski definition) is 16. The van der Waals surface area contributed by atoms with E-state index in [1.165, 1.54) is 35.4 Å². The van der Waals surface area contributed by atoms with Crippen LogP contribution in [-0.4, -0.2) is 39.8 Å². The average Bonchev–Trinajstić information content (AvgIpc) is 1.60. The summed E-state index contributed by atoms with van der Waals surface area (Å²) >= 11 is 0. The summed E-state index contributed by atoms with van der Waals surface area (Å²) in [6.07, 6.45) is -0.547. The van der Waals surface area contributed by atoms with Crippen molar-refractivity contribution in [1.82, 2.24) is 51.7 Å². The van der Waals surface area contributed by atoms with Gasteiger partial charge in [0.2, 0.25) is 0 Å². The zero-order valence-electron chi connectivity index (χ0n) is 58.0. The molecule has 0 amide bonds. The molecule has 104 heavy (non-hydrogen) atoms. The van der Waals surface area contributed by atoms with Gasteiger partial charge in [0.1, 0.15) is 23.7 Å². The van der Waals surface area contributed by atoms with Crippen LogP contribution in [0.4, 0.5) is 34.1 Å². The highest BCUT2D eigenvalue weighted by Gasteiger charge is 2.28. The number of aromatic nitrogens is 8. The Bertz CT molecular complexity index is 5280. The zero-order chi connectivity index (χ0) is 72.1. The van der Waals surface area contributed by atoms with E-state index >= 15 is 0 Å². The minimum absolute atomic E-state index is 0.00552. The number of hydrogen-bond donors (Lipinski definition) is 8. The van der Waals surface area contributed by atoms with E-state index in [2.05, 4.69) is 181 Å². The lowest BCUT2D eigenvalue weighted by atomic mass is 10.00. The number of tetrazole rings is 2. The van der Waals surface area contributed by atoms with Gasteiger partial charge in [-0.1, -0.05) is 145 Å². The van der Waals surface area contributed by atoms with Crippen LogP contribution in [0.25, 0.3) is 67.8 Å². The maximum absolute atomic E-state index is 11.3. The van der Waals surface area contributed by atoms with Crippen molar-refractivity contribution in [2.75, 3.05) is 21.7 Å². The van der Waals surface area contributed by atoms with E-state index in [1.807, 2.05) is 156 Å². The van der Waals surface area contributed by atoms with Crippen LogP contribution in [-0.2, 0) is 0 Å². The molecule has 0 aliphatic rings. The third kappa shape index (κ3) is 16.6. The lowest BCUT2D eigenvalue weighted by molar-refractivity contribution is -0.735. The maximum atomic E-state index is 11.3. The Morgan fingerprint density at radius 1 is 0.337 bits per heavy atom. The lowest BCUT2D eigenvalue weighted by Crippen LogP contribution is -2.44. The van der Waals surface area contributed by atoms with Gasteiger partial charge < -0.3 is 21.7 Å². The molecule has 0 bridgehead atoms. The number of benzene rings is 12. The number of nitrogens with zero attached hydrogens (tertiary/aromatic N) is 10. The zero-order valence-corrected chi connectivity index (χ0v) is 58.0. The normalized spacial score (nSPS) is 11.6. The van der Waals surface area contributed by atoms with Gasteiger partial charge in [0, 0.05) is 56.4 Å². The van der Waals surface area contributed by atoms with E-state index in [0.717, 1.165) is 101 Å². The van der Waals surface area contributed by atoms with Crippen molar-refractivity contribution in [1.29, 1.82) is 0 Å². The van der Waals surface area contributed by atoms with Gasteiger partial charge in [-0.2, -0.15) is 0 Å². The van der Waals surface area contributed by atoms with Crippen molar-refractivity contribution in [3.05, 3.63) is 356 Å². The second-order valence-corrected chi connectivity index (χ2v) is 25.0. The molecule has 2 atom stereocenters. The smallest absolute Gasteiger partial charge is 0.320 e. The quantitative estimate of drug-likeness (QED) is 0.0121. The summed E-state index contributed by atoms with van der Waals surface area (Å²) in [5.74, 6) is 1.16. The lowest BCUT2D eigenvalue weighted by Gasteiger charge is -2.24. The first-order valence-corrected chi connectivity index (χ1v) is 33.8. The summed E-state index contributed by atoms with van der Waals surface area (Å²) in [6, 6.07) is 94.1. The minimum atomic E-state index is -0.415. The van der Waals surface area contributed by atoms with Crippen molar-refractivity contribution < 1.29 is 19.4 Å². The van der Waals surface area contributed by atoms with Crippen molar-refractivity contribution in [3.63, 3.8) is 0 Å². The molecule has 0 saturated carbocycles. The maximum Gasteiger partial charge on any atom is 0.340 e. The molecule has 12 aromatic carbocycles. The van der Waals surface area contributed by atoms with E-state index in [-0.39, 0.29) is 23.7 Å². The molecule has 516 valence electrons. The summed E-state index contributed by atoms with van der Waals surface area (Å²) in [4.78, 5) is 28.6. The van der Waals surface area contributed by atoms with Crippen molar-refractivity contribution in [2.45, 2.75) is 53.9 Å². The second kappa shape index (κ2) is 31.9. The molecule has 0 saturated heterocycles. The van der Waals surface area contributed by atoms with Crippen LogP contribution >= 0.6 is 0 Å². The molecule has 14 rings (SSSR count). The number of nitro benzene ring substituents is 2. The third-order valence-electron chi connectivity index (χ3n) is 17.5. The molecule has 0 fully saturated rings. The molecule has 0 spiro atoms. The van der Waals surface area contributed by atoms with Crippen LogP contribution in [0.15, 0.2) is 291 Å². The Labute approximate surface area is 601 Å². The van der Waals surface area contributed by atoms with E-state index in [9.17, 15) is 20.2 Å². The van der Waals surface area contributed by atoms with Gasteiger partial charge in [0.05, 0.1) is 42.5 Å². The Morgan fingerprint density at radius 3 is 1.02 bits per heavy atom. The Kier molecular flexibility index (Phi) is 21.2. The molecule has 14 aromatic rings. The number of hydrazine groups is 4. The Hall–Kier alpha value is -13.4. The highest BCUT2D eigenvalue weighted by molar-refractivity contribution is 5.72. The van der Waals surface area contributed by atoms with Crippen molar-refractivity contribution >= 4 is 34.1 Å². The van der Waals surface area contributed by atoms with Crippen molar-refractivity contribution in [3.8, 4) is 67.8 Å². The largest absolute Gasteiger partial charge is 0.340 e. The number of nitrogens with one attached hydrogen (secondary N) is 8. The molecule has 22 nitrogen and oxygen atoms in total. The Balaban J connectivity index is 0.000000185. The molecule has 0 radical (unpaired) electrons. The van der Waals surface area contributed by atoms with Gasteiger partial charge in [-0.25, -0.2) is 21.7 Å². The molecular weight excluding hydrogens is 1300 g/mol. The van der Waals surface area contributed by atoms with Gasteiger partial charge >= 0.3 is 11.6 Å². The summed E-state index contributed by atoms with van der Waals surface area (Å²) in [5.41, 5.74) is 48.3. The molecule has 2 unspecified atom stereocenters. The Morgan fingerprint density at radius 2 is 0.654 bits per heavy atom. The monoisotopic (exact) mass is 1380 g/mol. The summed E-state index contributed by atoms with van der Waals surface area (Å²) < 4.78 is 0. The standard InChI is InChI=1S/C41H33N9O2.C41H43N9O2/c1-28-14-18-35(19-15-28)46-42-40(31-10-6-4-7-11-31)44-48(46)38-24-16-33(26-29(38)2)34-17-25-39(30(3)27-34)49-45-41(32-12-8-5-9-13-32)43-47(49)36-20-22-37(23-21-36)50(51)52;1-28-14-18-35(19-15-28)42-46-40(31-10-6-4-7-11-31)48-44-38-24-16-33(26-29(38)2)34-17-25-39(30(3)27-34)45-49-41(32-12-8-5-9-13-32)47-43-36-20-22-37(23-21-36)50(51)52/h4-27H,1-3H3;4-27,40-49H,1-3H3/q+2;. The van der Waals surface area contributed by atoms with Gasteiger partial charge in [-0.3, -0.25) is 20.2 Å². The fourth-order valence-corrected chi connectivity index (χ4v) is 11.7. The molecule has 8 N–H and O–H groups in total. The number of non-ortho nitro benzene ring substituents is 2. The fraction of sp³-hybridized carbons (Fsp3) is 0.0976. The second-order valence-electron chi connectivity index (χ2n) is 25.0. The van der Waals surface area contributed by atoms with E-state index in [0.29, 0.717) is 23.0 Å². The van der Waals surface area contributed by atoms with E-state index in [1.54, 1.807) is 33.9 Å². The third-order valence-corrected chi connectivity index (χ3v) is 17.5. The molecule has 22 heteroatoms. The SMILES string of the molecule is Cc1ccc(-n2nc(-c3ccccc3)n[n+]2-c2ccc(-c3ccc(-[n+]4nc(-c5ccccc5)nn4-c4ccc([N+](=O)[O-])cc4)c(C)c3)cc2C)cc1.Cc1ccc(NNC(NNc2ccc(-c3ccc(NNC(NNc4ccc([N+](=O)[O-])cc4)c4ccccc4)c(C)c3)cc2C)c2ccccc2)cc1. The highest BCUT2D eigenvalue weighted by atomic mass is 16.6. The van der Waals surface area contributed by atoms with Gasteiger partial charge in [-0.15, -0.1) is 0 Å². The van der Waals surface area contributed by atoms with Crippen LogP contribution < -0.4 is 53.0 Å². The predicted octanol–water partition coefficient (Wildman–Crippen LogP) is 15.9. The fourth-order valence-electron chi connectivity index (χ4n) is 11.7.